The second-order valence-electron chi connectivity index (χ2n) is 8.59. The number of carbonyl (C=O) groups is 1. The van der Waals surface area contributed by atoms with Gasteiger partial charge in [-0.15, -0.1) is 0 Å². The predicted octanol–water partition coefficient (Wildman–Crippen LogP) is 2.94. The zero-order chi connectivity index (χ0) is 20.8. The van der Waals surface area contributed by atoms with E-state index in [1.165, 1.54) is 42.0 Å². The van der Waals surface area contributed by atoms with E-state index in [-0.39, 0.29) is 11.8 Å². The Balaban J connectivity index is 1.27. The van der Waals surface area contributed by atoms with E-state index in [1.807, 2.05) is 0 Å². The minimum absolute atomic E-state index is 0.161. The van der Waals surface area contributed by atoms with E-state index < -0.39 is 0 Å². The van der Waals surface area contributed by atoms with Gasteiger partial charge in [-0.2, -0.15) is 14.5 Å². The molecule has 0 amide bonds. The Kier molecular flexibility index (Phi) is 4.66. The van der Waals surface area contributed by atoms with E-state index in [0.29, 0.717) is 18.3 Å². The molecule has 1 saturated carbocycles. The van der Waals surface area contributed by atoms with Gasteiger partial charge in [0.25, 0.3) is 0 Å². The number of aromatic nitrogens is 6. The van der Waals surface area contributed by atoms with Gasteiger partial charge in [0.2, 0.25) is 5.95 Å². The van der Waals surface area contributed by atoms with Crippen LogP contribution in [0.1, 0.15) is 60.0 Å². The number of rotatable bonds is 7. The van der Waals surface area contributed by atoms with Gasteiger partial charge in [-0.1, -0.05) is 0 Å². The summed E-state index contributed by atoms with van der Waals surface area (Å²) in [5.41, 5.74) is 3.46. The quantitative estimate of drug-likeness (QED) is 0.581. The van der Waals surface area contributed by atoms with E-state index in [4.69, 9.17) is 9.97 Å². The van der Waals surface area contributed by atoms with Gasteiger partial charge in [-0.05, 0) is 56.5 Å². The number of carbonyl (C=O) groups excluding carboxylic acids is 1. The Morgan fingerprint density at radius 2 is 2.16 bits per heavy atom. The standard InChI is InChI=1S/C21H24N8OS/c30-17(10-19-22-11-23-31-19)16-5-2-8-29(16)21-24-14-4-1-3-13(14)20(26-21)25-18-9-15(27-28-18)12-6-7-12/h9,11-12,16H,1-8,10H2,(H2,24,25,26,27,28). The van der Waals surface area contributed by atoms with Crippen LogP contribution in [0.2, 0.25) is 0 Å². The molecule has 2 fully saturated rings. The summed E-state index contributed by atoms with van der Waals surface area (Å²) < 4.78 is 4.01. The van der Waals surface area contributed by atoms with E-state index in [9.17, 15) is 4.79 Å². The molecule has 10 heteroatoms. The molecule has 0 aromatic carbocycles. The molecular weight excluding hydrogens is 412 g/mol. The van der Waals surface area contributed by atoms with Crippen molar-refractivity contribution in [2.75, 3.05) is 16.8 Å². The molecule has 2 aliphatic carbocycles. The van der Waals surface area contributed by atoms with E-state index in [1.54, 1.807) is 0 Å². The van der Waals surface area contributed by atoms with Crippen molar-refractivity contribution in [1.29, 1.82) is 0 Å². The molecule has 9 nitrogen and oxygen atoms in total. The van der Waals surface area contributed by atoms with Gasteiger partial charge in [0.15, 0.2) is 11.6 Å². The van der Waals surface area contributed by atoms with Gasteiger partial charge < -0.3 is 10.2 Å². The highest BCUT2D eigenvalue weighted by Crippen LogP contribution is 2.40. The van der Waals surface area contributed by atoms with Crippen molar-refractivity contribution < 1.29 is 4.79 Å². The van der Waals surface area contributed by atoms with Crippen molar-refractivity contribution in [3.8, 4) is 0 Å². The molecule has 0 bridgehead atoms. The number of anilines is 3. The molecule has 1 atom stereocenters. The van der Waals surface area contributed by atoms with Crippen LogP contribution in [0, 0.1) is 0 Å². The maximum Gasteiger partial charge on any atom is 0.228 e. The summed E-state index contributed by atoms with van der Waals surface area (Å²) in [6, 6.07) is 1.88. The number of ketones is 1. The molecular formula is C21H24N8OS. The monoisotopic (exact) mass is 436 g/mol. The van der Waals surface area contributed by atoms with E-state index >= 15 is 0 Å². The third-order valence-electron chi connectivity index (χ3n) is 6.40. The highest BCUT2D eigenvalue weighted by molar-refractivity contribution is 7.05. The summed E-state index contributed by atoms with van der Waals surface area (Å²) in [4.78, 5) is 29.0. The molecule has 3 aromatic heterocycles. The molecule has 1 aliphatic heterocycles. The second kappa shape index (κ2) is 7.67. The first-order valence-corrected chi connectivity index (χ1v) is 11.8. The maximum atomic E-state index is 13.0. The number of Topliss-reactive ketones (excluding diaryl/α,β-unsaturated/α-hetero) is 1. The topological polar surface area (TPSA) is 113 Å². The summed E-state index contributed by atoms with van der Waals surface area (Å²) in [5, 5.41) is 11.8. The highest BCUT2D eigenvalue weighted by Gasteiger charge is 2.34. The lowest BCUT2D eigenvalue weighted by molar-refractivity contribution is -0.119. The van der Waals surface area contributed by atoms with Crippen LogP contribution in [0.15, 0.2) is 12.4 Å². The number of fused-ring (bicyclic) bond motifs is 1. The average molecular weight is 437 g/mol. The number of hydrogen-bond donors (Lipinski definition) is 2. The first kappa shape index (κ1) is 18.9. The molecule has 0 spiro atoms. The lowest BCUT2D eigenvalue weighted by atomic mass is 10.1. The number of hydrogen-bond acceptors (Lipinski definition) is 9. The predicted molar refractivity (Wildman–Crippen MR) is 117 cm³/mol. The maximum absolute atomic E-state index is 13.0. The molecule has 3 aromatic rings. The molecule has 2 N–H and O–H groups in total. The van der Waals surface area contributed by atoms with Crippen LogP contribution in [0.25, 0.3) is 0 Å². The summed E-state index contributed by atoms with van der Waals surface area (Å²) in [6.07, 6.45) is 9.07. The third kappa shape index (κ3) is 3.69. The number of aryl methyl sites for hydroxylation is 1. The zero-order valence-electron chi connectivity index (χ0n) is 17.2. The third-order valence-corrected chi connectivity index (χ3v) is 7.06. The molecule has 0 radical (unpaired) electrons. The SMILES string of the molecule is O=C(Cc1ncns1)C1CCCN1c1nc2c(c(Nc3cc(C4CC4)[nH]n3)n1)CCC2. The zero-order valence-corrected chi connectivity index (χ0v) is 18.0. The first-order valence-electron chi connectivity index (χ1n) is 11.0. The Hall–Kier alpha value is -2.88. The summed E-state index contributed by atoms with van der Waals surface area (Å²) in [6.45, 7) is 0.791. The van der Waals surface area contributed by atoms with E-state index in [2.05, 4.69) is 35.8 Å². The van der Waals surface area contributed by atoms with E-state index in [0.717, 1.165) is 61.0 Å². The van der Waals surface area contributed by atoms with Gasteiger partial charge in [0.1, 0.15) is 17.2 Å². The fourth-order valence-electron chi connectivity index (χ4n) is 4.66. The molecule has 4 heterocycles. The van der Waals surface area contributed by atoms with Crippen LogP contribution in [0.5, 0.6) is 0 Å². The highest BCUT2D eigenvalue weighted by atomic mass is 32.1. The molecule has 6 rings (SSSR count). The Labute approximate surface area is 183 Å². The lowest BCUT2D eigenvalue weighted by Gasteiger charge is -2.24. The van der Waals surface area contributed by atoms with Crippen molar-refractivity contribution in [2.45, 2.75) is 63.3 Å². The molecule has 160 valence electrons. The summed E-state index contributed by atoms with van der Waals surface area (Å²) >= 11 is 1.28. The van der Waals surface area contributed by atoms with Crippen molar-refractivity contribution in [2.24, 2.45) is 0 Å². The molecule has 3 aliphatic rings. The molecule has 1 unspecified atom stereocenters. The van der Waals surface area contributed by atoms with Gasteiger partial charge in [0, 0.05) is 29.8 Å². The van der Waals surface area contributed by atoms with Crippen LogP contribution in [0.4, 0.5) is 17.6 Å². The van der Waals surface area contributed by atoms with Crippen molar-refractivity contribution >= 4 is 34.9 Å². The van der Waals surface area contributed by atoms with Crippen LogP contribution in [0.3, 0.4) is 0 Å². The largest absolute Gasteiger partial charge is 0.331 e. The van der Waals surface area contributed by atoms with Crippen molar-refractivity contribution in [1.82, 2.24) is 29.5 Å². The minimum Gasteiger partial charge on any atom is -0.331 e. The van der Waals surface area contributed by atoms with Crippen LogP contribution in [-0.2, 0) is 24.1 Å². The number of nitrogens with zero attached hydrogens (tertiary/aromatic N) is 6. The summed E-state index contributed by atoms with van der Waals surface area (Å²) in [7, 11) is 0. The Morgan fingerprint density at radius 3 is 3.00 bits per heavy atom. The van der Waals surface area contributed by atoms with Gasteiger partial charge in [-0.25, -0.2) is 9.97 Å². The lowest BCUT2D eigenvalue weighted by Crippen LogP contribution is -2.38. The van der Waals surface area contributed by atoms with Crippen LogP contribution in [-0.4, -0.2) is 47.9 Å². The van der Waals surface area contributed by atoms with Crippen LogP contribution < -0.4 is 10.2 Å². The minimum atomic E-state index is -0.206. The Bertz CT molecular complexity index is 1110. The molecule has 31 heavy (non-hydrogen) atoms. The smallest absolute Gasteiger partial charge is 0.228 e. The Morgan fingerprint density at radius 1 is 1.23 bits per heavy atom. The van der Waals surface area contributed by atoms with Crippen molar-refractivity contribution in [3.05, 3.63) is 34.4 Å². The fourth-order valence-corrected chi connectivity index (χ4v) is 5.18. The van der Waals surface area contributed by atoms with Gasteiger partial charge in [-0.3, -0.25) is 9.89 Å². The van der Waals surface area contributed by atoms with Crippen LogP contribution >= 0.6 is 11.5 Å². The second-order valence-corrected chi connectivity index (χ2v) is 9.45. The average Bonchev–Trinajstić information content (AvgIpc) is 3.27. The first-order chi connectivity index (χ1) is 15.2. The van der Waals surface area contributed by atoms with Crippen molar-refractivity contribution in [3.63, 3.8) is 0 Å². The number of H-pyrrole nitrogens is 1. The molecule has 1 saturated heterocycles. The normalized spacial score (nSPS) is 20.3. The van der Waals surface area contributed by atoms with Gasteiger partial charge in [0.05, 0.1) is 18.2 Å². The number of aromatic amines is 1. The summed E-state index contributed by atoms with van der Waals surface area (Å²) in [5.74, 6) is 3.06. The van der Waals surface area contributed by atoms with Gasteiger partial charge >= 0.3 is 0 Å². The number of nitrogens with one attached hydrogen (secondary N) is 2. The fraction of sp³-hybridized carbons (Fsp3) is 0.524.